The van der Waals surface area contributed by atoms with E-state index in [4.69, 9.17) is 72.3 Å². The van der Waals surface area contributed by atoms with Crippen molar-refractivity contribution in [3.05, 3.63) is 49.6 Å². The lowest BCUT2D eigenvalue weighted by atomic mass is 9.72. The number of thioether (sulfide) groups is 1. The molecule has 1 aromatic rings. The number of ether oxygens (including phenoxy) is 11. The van der Waals surface area contributed by atoms with Crippen LogP contribution in [0.2, 0.25) is 0 Å². The van der Waals surface area contributed by atoms with Crippen LogP contribution < -0.4 is 36.1 Å². The molecule has 554 valence electrons. The Morgan fingerprint density at radius 2 is 1.59 bits per heavy atom. The summed E-state index contributed by atoms with van der Waals surface area (Å²) in [5.41, 5.74) is 6.93. The van der Waals surface area contributed by atoms with Crippen LogP contribution in [0.4, 0.5) is 0 Å². The molecule has 34 heteroatoms. The van der Waals surface area contributed by atoms with Gasteiger partial charge in [-0.3, -0.25) is 33.6 Å². The maximum Gasteiger partial charge on any atom is 0.373 e. The van der Waals surface area contributed by atoms with Crippen molar-refractivity contribution in [3.63, 3.8) is 0 Å². The molecular weight excluding hydrogens is 1490 g/mol. The number of ketones is 3. The van der Waals surface area contributed by atoms with Crippen LogP contribution in [-0.4, -0.2) is 253 Å². The summed E-state index contributed by atoms with van der Waals surface area (Å²) in [6, 6.07) is -1.36. The zero-order valence-corrected chi connectivity index (χ0v) is 61.5. The summed E-state index contributed by atoms with van der Waals surface area (Å²) in [5, 5.41) is 72.2. The summed E-state index contributed by atoms with van der Waals surface area (Å²) in [5.74, 6) is 7.78. The smallest absolute Gasteiger partial charge is 0.373 e. The topological polar surface area (TPSA) is 431 Å². The lowest BCUT2D eigenvalue weighted by Crippen LogP contribution is -2.65. The van der Waals surface area contributed by atoms with E-state index in [0.717, 1.165) is 11.8 Å². The van der Waals surface area contributed by atoms with Crippen molar-refractivity contribution < 1.29 is 126 Å². The molecule has 0 saturated carbocycles. The van der Waals surface area contributed by atoms with Gasteiger partial charge in [0.05, 0.1) is 90.2 Å². The highest BCUT2D eigenvalue weighted by molar-refractivity contribution is 14.1. The fourth-order valence-electron chi connectivity index (χ4n) is 12.0. The van der Waals surface area contributed by atoms with Gasteiger partial charge in [-0.15, -0.1) is 0 Å². The SMILES string of the molecule is CCN[C@H]1CO[C@@H](O[C@H]2[C@H](O[C@H]3C#C/C=C\C#C[C@]4(O)CC(=O)C(CC(C)=O)=C3C4=CCSSCC(CC(=O)CCCN)C(=O)NCC(=O)O)O[C@H](C)[C@@H](NO[C@H]3C[C@H](O)[C@H](SC(=O)c4c(C)c(I)c(O[C@@H]5O[C@@H](C)[C@H](O)[C@@H](OC)[C@H]5O)c(OC)c4OC)[C@@H](C)O3)[C@@H]2O)C[C@@H]1OC.O=C=O. The summed E-state index contributed by atoms with van der Waals surface area (Å²) in [6.45, 7) is 10.2. The number of aliphatic hydroxyl groups is 5. The predicted octanol–water partition coefficient (Wildman–Crippen LogP) is 1.52. The number of fused-ring (bicyclic) bond motifs is 2. The van der Waals surface area contributed by atoms with Crippen LogP contribution in [-0.2, 0) is 76.3 Å². The molecule has 4 aliphatic heterocycles. The molecule has 4 fully saturated rings. The normalized spacial score (nSPS) is 32.0. The Bertz CT molecular complexity index is 3290. The molecule has 6 aliphatic rings. The van der Waals surface area contributed by atoms with Gasteiger partial charge in [-0.25, -0.2) is 0 Å². The zero-order chi connectivity index (χ0) is 73.7. The Labute approximate surface area is 605 Å². The molecule has 1 aromatic carbocycles. The molecular formula is C66H89IN4O26S3. The molecule has 11 N–H and O–H groups in total. The minimum absolute atomic E-state index is 0.00588. The second-order valence-electron chi connectivity index (χ2n) is 24.0. The monoisotopic (exact) mass is 1580 g/mol. The zero-order valence-electron chi connectivity index (χ0n) is 56.9. The van der Waals surface area contributed by atoms with E-state index < -0.39 is 163 Å². The van der Waals surface area contributed by atoms with E-state index in [1.807, 2.05) is 29.5 Å². The summed E-state index contributed by atoms with van der Waals surface area (Å²) >= 11 is 2.79. The fourth-order valence-corrected chi connectivity index (χ4v) is 15.9. The Morgan fingerprint density at radius 3 is 2.23 bits per heavy atom. The second-order valence-corrected chi connectivity index (χ2v) is 28.8. The molecule has 2 aliphatic carbocycles. The number of aliphatic carboxylic acids is 1. The molecule has 30 nitrogen and oxygen atoms in total. The first kappa shape index (κ1) is 84.0. The number of carbonyl (C=O) groups is 6. The van der Waals surface area contributed by atoms with E-state index in [-0.39, 0.29) is 108 Å². The number of rotatable bonds is 32. The van der Waals surface area contributed by atoms with E-state index in [1.165, 1.54) is 62.0 Å². The number of benzene rings is 1. The molecule has 7 rings (SSSR count). The second kappa shape index (κ2) is 40.4. The van der Waals surface area contributed by atoms with Crippen molar-refractivity contribution >= 4 is 96.4 Å². The first-order chi connectivity index (χ1) is 47.6. The molecule has 1 amide bonds. The fraction of sp³-hybridized carbons (Fsp3) is 0.652. The Kier molecular flexibility index (Phi) is 33.9. The number of nitrogens with one attached hydrogen (secondary N) is 3. The third-order valence-corrected chi connectivity index (χ3v) is 22.1. The maximum atomic E-state index is 14.5. The Morgan fingerprint density at radius 1 is 0.890 bits per heavy atom. The number of allylic oxidation sites excluding steroid dienone is 3. The van der Waals surface area contributed by atoms with E-state index in [2.05, 4.69) is 39.8 Å². The summed E-state index contributed by atoms with van der Waals surface area (Å²) in [6.07, 6.45) is -13.4. The first-order valence-corrected chi connectivity index (χ1v) is 36.6. The number of nitrogens with two attached hydrogens (primary N) is 1. The van der Waals surface area contributed by atoms with Crippen LogP contribution in [0.5, 0.6) is 17.2 Å². The number of hydroxylamine groups is 1. The number of likely N-dealkylation sites (N-methyl/N-ethyl adjacent to an activating group) is 1. The Balaban J connectivity index is 0.00000515. The van der Waals surface area contributed by atoms with Gasteiger partial charge >= 0.3 is 12.1 Å². The standard InChI is InChI=1S/C65H89IN4O24S3.CO2/c1-11-68-40-29-87-46(26-44(40)83-7)92-58-53(78)51(70-94-47-25-41(73)60(35(6)88-47)97-62(81)48-32(3)50(66)56(59(86-10)55(48)84-8)93-63-54(79)57(85-9)52(77)34(5)90-63)33(4)89-64(58)91-43-18-14-12-13-15-20-65(82)27-42(74)38(23-31(2)71)49(43)39(65)19-22-95-96-30-36(24-37(72)17-16-21-67)61(80)69-28-45(75)76;2-1-3/h12-13,19,33-36,40-41,43-44,46-47,51-54,57-58,60,63-64,68,70,73,77-79,82H,11,16-17,21-30,67H2,1-10H3,(H,69,80)(H,75,76);/b13-12-,39-19?;/t33-,34+,35-,36?,40+,41+,43+,44+,46+,47+,51-,52+,53+,54-,57-,58-,60-,63+,64+,65+;/m1./s1. The van der Waals surface area contributed by atoms with Crippen LogP contribution in [0, 0.1) is 40.1 Å². The van der Waals surface area contributed by atoms with Crippen LogP contribution in [0.25, 0.3) is 0 Å². The number of carboxylic acids is 1. The maximum absolute atomic E-state index is 14.5. The molecule has 0 spiro atoms. The molecule has 4 heterocycles. The summed E-state index contributed by atoms with van der Waals surface area (Å²) < 4.78 is 67.9. The Hall–Kier alpha value is -4.94. The molecule has 2 bridgehead atoms. The molecule has 4 saturated heterocycles. The van der Waals surface area contributed by atoms with Crippen LogP contribution >= 0.6 is 55.9 Å². The quantitative estimate of drug-likeness (QED) is 0.0161. The van der Waals surface area contributed by atoms with Crippen molar-refractivity contribution in [1.29, 1.82) is 0 Å². The number of amides is 1. The molecule has 100 heavy (non-hydrogen) atoms. The average molecular weight is 1580 g/mol. The van der Waals surface area contributed by atoms with Crippen LogP contribution in [0.15, 0.2) is 34.9 Å². The van der Waals surface area contributed by atoms with Gasteiger partial charge < -0.3 is 99.1 Å². The number of aliphatic hydroxyl groups excluding tert-OH is 4. The van der Waals surface area contributed by atoms with E-state index in [1.54, 1.807) is 40.9 Å². The van der Waals surface area contributed by atoms with E-state index >= 15 is 0 Å². The van der Waals surface area contributed by atoms with Gasteiger partial charge in [-0.05, 0) is 94.4 Å². The summed E-state index contributed by atoms with van der Waals surface area (Å²) in [4.78, 5) is 102. The molecule has 1 unspecified atom stereocenters. The number of carbonyl (C=O) groups excluding carboxylic acids is 7. The van der Waals surface area contributed by atoms with Gasteiger partial charge in [0.25, 0.3) is 0 Å². The van der Waals surface area contributed by atoms with E-state index in [9.17, 15) is 59.4 Å². The number of Topliss-reactive ketones (excluding diaryl/α,β-unsaturated/α-hetero) is 3. The minimum atomic E-state index is -2.17. The third kappa shape index (κ3) is 21.8. The van der Waals surface area contributed by atoms with Gasteiger partial charge in [0.2, 0.25) is 23.1 Å². The lowest BCUT2D eigenvalue weighted by Gasteiger charge is -2.46. The highest BCUT2D eigenvalue weighted by Crippen LogP contribution is 2.49. The molecule has 20 atom stereocenters. The number of hydrogen-bond acceptors (Lipinski definition) is 31. The van der Waals surface area contributed by atoms with Crippen molar-refractivity contribution in [2.24, 2.45) is 11.7 Å². The number of methoxy groups -OCH3 is 4. The van der Waals surface area contributed by atoms with Crippen molar-refractivity contribution in [3.8, 4) is 40.9 Å². The van der Waals surface area contributed by atoms with Gasteiger partial charge in [0, 0.05) is 74.5 Å². The van der Waals surface area contributed by atoms with Gasteiger partial charge in [-0.2, -0.15) is 15.1 Å². The van der Waals surface area contributed by atoms with Gasteiger partial charge in [0.15, 0.2) is 41.8 Å². The highest BCUT2D eigenvalue weighted by Gasteiger charge is 2.52. The van der Waals surface area contributed by atoms with Crippen molar-refractivity contribution in [1.82, 2.24) is 16.1 Å². The molecule has 0 radical (unpaired) electrons. The van der Waals surface area contributed by atoms with Crippen LogP contribution in [0.1, 0.15) is 95.5 Å². The average Bonchev–Trinajstić information content (AvgIpc) is 0.759. The summed E-state index contributed by atoms with van der Waals surface area (Å²) in [7, 11) is 8.02. The number of carboxylic acid groups (broad SMARTS) is 1. The lowest BCUT2D eigenvalue weighted by molar-refractivity contribution is -0.336. The number of halogens is 1. The van der Waals surface area contributed by atoms with E-state index in [0.29, 0.717) is 22.1 Å². The number of hydrogen-bond donors (Lipinski definition) is 10. The van der Waals surface area contributed by atoms with Crippen molar-refractivity contribution in [2.45, 2.75) is 202 Å². The largest absolute Gasteiger partial charge is 0.492 e. The minimum Gasteiger partial charge on any atom is -0.492 e. The third-order valence-electron chi connectivity index (χ3n) is 17.0. The van der Waals surface area contributed by atoms with Crippen LogP contribution in [0.3, 0.4) is 0 Å². The highest BCUT2D eigenvalue weighted by atomic mass is 127. The predicted molar refractivity (Wildman–Crippen MR) is 368 cm³/mol. The van der Waals surface area contributed by atoms with Gasteiger partial charge in [0.1, 0.15) is 54.7 Å². The van der Waals surface area contributed by atoms with Crippen molar-refractivity contribution in [2.75, 3.05) is 66.2 Å². The molecule has 0 aromatic heterocycles. The first-order valence-electron chi connectivity index (χ1n) is 32.1. The van der Waals surface area contributed by atoms with Gasteiger partial charge in [-0.1, -0.05) is 70.0 Å².